The summed E-state index contributed by atoms with van der Waals surface area (Å²) in [6, 6.07) is 9.18. The molecule has 0 aliphatic carbocycles. The number of amides is 1. The fourth-order valence-electron chi connectivity index (χ4n) is 2.63. The summed E-state index contributed by atoms with van der Waals surface area (Å²) in [4.78, 5) is 15.5. The van der Waals surface area contributed by atoms with E-state index in [9.17, 15) is 4.79 Å². The van der Waals surface area contributed by atoms with Crippen LogP contribution in [0.4, 0.5) is 0 Å². The summed E-state index contributed by atoms with van der Waals surface area (Å²) in [6.07, 6.45) is 2.65. The zero-order valence-electron chi connectivity index (χ0n) is 12.2. The topological polar surface area (TPSA) is 23.6 Å². The zero-order valence-corrected chi connectivity index (χ0v) is 12.2. The van der Waals surface area contributed by atoms with E-state index < -0.39 is 0 Å². The summed E-state index contributed by atoms with van der Waals surface area (Å²) in [6.45, 7) is 7.01. The van der Waals surface area contributed by atoms with Crippen molar-refractivity contribution >= 4 is 5.91 Å². The first-order chi connectivity index (χ1) is 9.08. The monoisotopic (exact) mass is 260 g/mol. The molecule has 3 nitrogen and oxygen atoms in total. The minimum absolute atomic E-state index is 0.106. The van der Waals surface area contributed by atoms with Crippen molar-refractivity contribution in [1.82, 2.24) is 9.80 Å². The van der Waals surface area contributed by atoms with Crippen LogP contribution in [0.2, 0.25) is 0 Å². The van der Waals surface area contributed by atoms with Crippen molar-refractivity contribution in [3.05, 3.63) is 35.4 Å². The summed E-state index contributed by atoms with van der Waals surface area (Å²) in [5, 5.41) is 0. The molecule has 104 valence electrons. The summed E-state index contributed by atoms with van der Waals surface area (Å²) in [7, 11) is 1.84. The Morgan fingerprint density at radius 1 is 1.26 bits per heavy atom. The number of benzene rings is 1. The van der Waals surface area contributed by atoms with Crippen molar-refractivity contribution in [2.45, 2.75) is 39.3 Å². The maximum absolute atomic E-state index is 11.2. The van der Waals surface area contributed by atoms with Gasteiger partial charge in [-0.2, -0.15) is 0 Å². The normalized spacial score (nSPS) is 17.4. The first-order valence-electron chi connectivity index (χ1n) is 7.12. The lowest BCUT2D eigenvalue weighted by atomic mass is 10.0. The molecular formula is C16H24N2O. The lowest BCUT2D eigenvalue weighted by Crippen LogP contribution is -2.24. The fourth-order valence-corrected chi connectivity index (χ4v) is 2.63. The molecule has 19 heavy (non-hydrogen) atoms. The molecule has 0 radical (unpaired) electrons. The van der Waals surface area contributed by atoms with Gasteiger partial charge in [-0.25, -0.2) is 0 Å². The molecule has 2 rings (SSSR count). The maximum atomic E-state index is 11.2. The van der Waals surface area contributed by atoms with E-state index in [2.05, 4.69) is 36.1 Å². The Balaban J connectivity index is 1.99. The van der Waals surface area contributed by atoms with Crippen LogP contribution in [0.15, 0.2) is 24.3 Å². The van der Waals surface area contributed by atoms with E-state index in [0.29, 0.717) is 12.6 Å². The highest BCUT2D eigenvalue weighted by Crippen LogP contribution is 2.24. The number of hydrogen-bond acceptors (Lipinski definition) is 2. The van der Waals surface area contributed by atoms with Crippen molar-refractivity contribution < 1.29 is 4.79 Å². The lowest BCUT2D eigenvalue weighted by molar-refractivity contribution is -0.128. The number of rotatable bonds is 4. The van der Waals surface area contributed by atoms with Gasteiger partial charge in [0.25, 0.3) is 0 Å². The molecule has 1 amide bonds. The summed E-state index contributed by atoms with van der Waals surface area (Å²) in [5.74, 6) is 0.106. The van der Waals surface area contributed by atoms with E-state index in [0.717, 1.165) is 0 Å². The first-order valence-corrected chi connectivity index (χ1v) is 7.12. The van der Waals surface area contributed by atoms with Crippen molar-refractivity contribution in [3.63, 3.8) is 0 Å². The van der Waals surface area contributed by atoms with Gasteiger partial charge in [0.15, 0.2) is 0 Å². The van der Waals surface area contributed by atoms with Gasteiger partial charge in [0, 0.05) is 26.6 Å². The SMILES string of the molecule is CC(=O)N(C)Cc1ccc(C(C)N2CCCC2)cc1. The van der Waals surface area contributed by atoms with E-state index in [-0.39, 0.29) is 5.91 Å². The summed E-state index contributed by atoms with van der Waals surface area (Å²) >= 11 is 0. The Hall–Kier alpha value is -1.35. The van der Waals surface area contributed by atoms with Gasteiger partial charge >= 0.3 is 0 Å². The minimum atomic E-state index is 0.106. The van der Waals surface area contributed by atoms with E-state index >= 15 is 0 Å². The zero-order chi connectivity index (χ0) is 13.8. The van der Waals surface area contributed by atoms with Crippen molar-refractivity contribution in [1.29, 1.82) is 0 Å². The summed E-state index contributed by atoms with van der Waals surface area (Å²) in [5.41, 5.74) is 2.56. The second kappa shape index (κ2) is 6.20. The molecule has 3 heteroatoms. The predicted octanol–water partition coefficient (Wildman–Crippen LogP) is 2.82. The molecule has 0 N–H and O–H groups in total. The third kappa shape index (κ3) is 3.57. The highest BCUT2D eigenvalue weighted by Gasteiger charge is 2.19. The van der Waals surface area contributed by atoms with Gasteiger partial charge in [0.2, 0.25) is 5.91 Å². The highest BCUT2D eigenvalue weighted by atomic mass is 16.2. The second-order valence-electron chi connectivity index (χ2n) is 5.54. The molecule has 0 bridgehead atoms. The Morgan fingerprint density at radius 3 is 2.37 bits per heavy atom. The van der Waals surface area contributed by atoms with Gasteiger partial charge in [0.1, 0.15) is 0 Å². The van der Waals surface area contributed by atoms with Crippen LogP contribution in [0.25, 0.3) is 0 Å². The number of hydrogen-bond donors (Lipinski definition) is 0. The summed E-state index contributed by atoms with van der Waals surface area (Å²) < 4.78 is 0. The lowest BCUT2D eigenvalue weighted by Gasteiger charge is -2.24. The van der Waals surface area contributed by atoms with Crippen LogP contribution in [0, 0.1) is 0 Å². The first kappa shape index (κ1) is 14.1. The third-order valence-corrected chi connectivity index (χ3v) is 4.11. The Kier molecular flexibility index (Phi) is 4.59. The number of nitrogens with zero attached hydrogens (tertiary/aromatic N) is 2. The molecule has 1 fully saturated rings. The van der Waals surface area contributed by atoms with E-state index in [4.69, 9.17) is 0 Å². The van der Waals surface area contributed by atoms with Crippen LogP contribution in [-0.2, 0) is 11.3 Å². The Bertz CT molecular complexity index is 421. The fraction of sp³-hybridized carbons (Fsp3) is 0.562. The average Bonchev–Trinajstić information content (AvgIpc) is 2.92. The predicted molar refractivity (Wildman–Crippen MR) is 77.8 cm³/mol. The van der Waals surface area contributed by atoms with Crippen LogP contribution in [-0.4, -0.2) is 35.8 Å². The van der Waals surface area contributed by atoms with Gasteiger partial charge in [-0.15, -0.1) is 0 Å². The Morgan fingerprint density at radius 2 is 1.84 bits per heavy atom. The largest absolute Gasteiger partial charge is 0.342 e. The molecule has 1 heterocycles. The van der Waals surface area contributed by atoms with Crippen LogP contribution in [0.5, 0.6) is 0 Å². The quantitative estimate of drug-likeness (QED) is 0.831. The second-order valence-corrected chi connectivity index (χ2v) is 5.54. The molecule has 0 aromatic heterocycles. The van der Waals surface area contributed by atoms with Crippen LogP contribution >= 0.6 is 0 Å². The van der Waals surface area contributed by atoms with Crippen LogP contribution < -0.4 is 0 Å². The maximum Gasteiger partial charge on any atom is 0.219 e. The van der Waals surface area contributed by atoms with E-state index in [1.807, 2.05) is 7.05 Å². The van der Waals surface area contributed by atoms with Gasteiger partial charge in [-0.1, -0.05) is 24.3 Å². The molecule has 1 unspecified atom stereocenters. The number of carbonyl (C=O) groups is 1. The minimum Gasteiger partial charge on any atom is -0.342 e. The molecule has 0 spiro atoms. The van der Waals surface area contributed by atoms with E-state index in [1.54, 1.807) is 11.8 Å². The van der Waals surface area contributed by atoms with Crippen molar-refractivity contribution in [3.8, 4) is 0 Å². The van der Waals surface area contributed by atoms with Gasteiger partial charge in [-0.3, -0.25) is 9.69 Å². The Labute approximate surface area is 116 Å². The number of likely N-dealkylation sites (tertiary alicyclic amines) is 1. The third-order valence-electron chi connectivity index (χ3n) is 4.11. The van der Waals surface area contributed by atoms with Gasteiger partial charge in [-0.05, 0) is 44.0 Å². The number of carbonyl (C=O) groups excluding carboxylic acids is 1. The van der Waals surface area contributed by atoms with Crippen molar-refractivity contribution in [2.24, 2.45) is 0 Å². The van der Waals surface area contributed by atoms with Gasteiger partial charge < -0.3 is 4.90 Å². The highest BCUT2D eigenvalue weighted by molar-refractivity contribution is 5.72. The van der Waals surface area contributed by atoms with Crippen LogP contribution in [0.3, 0.4) is 0 Å². The molecule has 1 aromatic carbocycles. The van der Waals surface area contributed by atoms with Crippen LogP contribution in [0.1, 0.15) is 43.9 Å². The van der Waals surface area contributed by atoms with Gasteiger partial charge in [0.05, 0.1) is 0 Å². The molecule has 1 aromatic rings. The molecule has 1 aliphatic heterocycles. The molecule has 1 saturated heterocycles. The van der Waals surface area contributed by atoms with E-state index in [1.165, 1.54) is 37.1 Å². The van der Waals surface area contributed by atoms with Crippen molar-refractivity contribution in [2.75, 3.05) is 20.1 Å². The molecule has 1 aliphatic rings. The standard InChI is InChI=1S/C16H24N2O/c1-13(18-10-4-5-11-18)16-8-6-15(7-9-16)12-17(3)14(2)19/h6-9,13H,4-5,10-12H2,1-3H3. The average molecular weight is 260 g/mol. The molecular weight excluding hydrogens is 236 g/mol. The molecule has 0 saturated carbocycles. The smallest absolute Gasteiger partial charge is 0.219 e. The molecule has 1 atom stereocenters.